The number of likely N-dealkylation sites (N-methyl/N-ethyl adjacent to an activating group) is 1. The number of benzene rings is 1. The molecule has 146 valence electrons. The third-order valence-electron chi connectivity index (χ3n) is 5.30. The Hall–Kier alpha value is -2.34. The second kappa shape index (κ2) is 8.57. The van der Waals surface area contributed by atoms with Crippen molar-refractivity contribution >= 4 is 22.8 Å². The number of carbonyl (C=O) groups excluding carboxylic acids is 2. The molecular formula is C21H28N2O4. The largest absolute Gasteiger partial charge is 0.466 e. The molecule has 0 spiro atoms. The molecular weight excluding hydrogens is 344 g/mol. The Bertz CT molecular complexity index is 767. The van der Waals surface area contributed by atoms with Gasteiger partial charge in [-0.15, -0.1) is 0 Å². The molecule has 1 saturated heterocycles. The van der Waals surface area contributed by atoms with E-state index in [1.165, 1.54) is 0 Å². The monoisotopic (exact) mass is 372 g/mol. The van der Waals surface area contributed by atoms with Crippen molar-refractivity contribution in [1.29, 1.82) is 0 Å². The lowest BCUT2D eigenvalue weighted by atomic mass is 9.98. The minimum Gasteiger partial charge on any atom is -0.466 e. The van der Waals surface area contributed by atoms with E-state index in [1.54, 1.807) is 11.8 Å². The molecule has 1 aromatic heterocycles. The van der Waals surface area contributed by atoms with Gasteiger partial charge in [-0.25, -0.2) is 0 Å². The first kappa shape index (κ1) is 19.4. The lowest BCUT2D eigenvalue weighted by Crippen LogP contribution is -2.46. The summed E-state index contributed by atoms with van der Waals surface area (Å²) in [6.45, 7) is 5.64. The number of hydrogen-bond acceptors (Lipinski definition) is 5. The van der Waals surface area contributed by atoms with Gasteiger partial charge in [0.05, 0.1) is 25.1 Å². The fourth-order valence-corrected chi connectivity index (χ4v) is 3.53. The highest BCUT2D eigenvalue weighted by Crippen LogP contribution is 2.27. The van der Waals surface area contributed by atoms with Gasteiger partial charge in [0.2, 0.25) is 5.91 Å². The molecule has 2 unspecified atom stereocenters. The van der Waals surface area contributed by atoms with E-state index in [-0.39, 0.29) is 30.4 Å². The van der Waals surface area contributed by atoms with Gasteiger partial charge in [0, 0.05) is 18.5 Å². The summed E-state index contributed by atoms with van der Waals surface area (Å²) in [6.07, 6.45) is 1.62. The first-order valence-corrected chi connectivity index (χ1v) is 9.62. The van der Waals surface area contributed by atoms with Crippen LogP contribution in [0.15, 0.2) is 34.7 Å². The van der Waals surface area contributed by atoms with Gasteiger partial charge in [-0.2, -0.15) is 0 Å². The summed E-state index contributed by atoms with van der Waals surface area (Å²) >= 11 is 0. The summed E-state index contributed by atoms with van der Waals surface area (Å²) in [5, 5.41) is 1.06. The average Bonchev–Trinajstić information content (AvgIpc) is 3.11. The van der Waals surface area contributed by atoms with Gasteiger partial charge in [0.15, 0.2) is 0 Å². The molecule has 0 radical (unpaired) electrons. The molecule has 1 aliphatic heterocycles. The molecule has 0 aliphatic carbocycles. The predicted octanol–water partition coefficient (Wildman–Crippen LogP) is 3.23. The number of furan rings is 1. The number of carbonyl (C=O) groups is 2. The number of fused-ring (bicyclic) bond motifs is 1. The molecule has 0 saturated carbocycles. The van der Waals surface area contributed by atoms with Gasteiger partial charge < -0.3 is 14.1 Å². The van der Waals surface area contributed by atoms with Gasteiger partial charge in [0.1, 0.15) is 11.3 Å². The number of amides is 1. The molecule has 0 N–H and O–H groups in total. The number of para-hydroxylation sites is 1. The highest BCUT2D eigenvalue weighted by atomic mass is 16.5. The van der Waals surface area contributed by atoms with E-state index in [2.05, 4.69) is 0 Å². The van der Waals surface area contributed by atoms with Crippen molar-refractivity contribution in [3.05, 3.63) is 36.1 Å². The molecule has 1 aromatic carbocycles. The standard InChI is InChI=1S/C21H28N2O4/c1-4-26-21(25)17-9-7-11-23(13-17)20(24)14-22(3)15(2)19-12-16-8-5-6-10-18(16)27-19/h5-6,8,10,12,15,17H,4,7,9,11,13-14H2,1-3H3. The molecule has 2 aromatic rings. The fraction of sp³-hybridized carbons (Fsp3) is 0.524. The number of ether oxygens (including phenoxy) is 1. The van der Waals surface area contributed by atoms with Crippen molar-refractivity contribution in [2.24, 2.45) is 5.92 Å². The highest BCUT2D eigenvalue weighted by Gasteiger charge is 2.30. The van der Waals surface area contributed by atoms with Gasteiger partial charge >= 0.3 is 5.97 Å². The van der Waals surface area contributed by atoms with Crippen LogP contribution in [0.2, 0.25) is 0 Å². The van der Waals surface area contributed by atoms with Crippen LogP contribution in [0.5, 0.6) is 0 Å². The highest BCUT2D eigenvalue weighted by molar-refractivity contribution is 5.80. The van der Waals surface area contributed by atoms with Crippen LogP contribution < -0.4 is 0 Å². The molecule has 27 heavy (non-hydrogen) atoms. The van der Waals surface area contributed by atoms with Crippen LogP contribution >= 0.6 is 0 Å². The smallest absolute Gasteiger partial charge is 0.310 e. The molecule has 0 bridgehead atoms. The van der Waals surface area contributed by atoms with E-state index in [0.29, 0.717) is 19.7 Å². The third kappa shape index (κ3) is 4.50. The van der Waals surface area contributed by atoms with Crippen LogP contribution in [0, 0.1) is 5.92 Å². The van der Waals surface area contributed by atoms with Crippen LogP contribution in [-0.2, 0) is 14.3 Å². The Morgan fingerprint density at radius 2 is 2.15 bits per heavy atom. The number of esters is 1. The summed E-state index contributed by atoms with van der Waals surface area (Å²) < 4.78 is 11.0. The minimum absolute atomic E-state index is 0.0213. The number of piperidine rings is 1. The summed E-state index contributed by atoms with van der Waals surface area (Å²) in [5.74, 6) is 0.476. The number of hydrogen-bond donors (Lipinski definition) is 0. The number of nitrogens with zero attached hydrogens (tertiary/aromatic N) is 2. The van der Waals surface area contributed by atoms with Crippen molar-refractivity contribution in [3.63, 3.8) is 0 Å². The number of likely N-dealkylation sites (tertiary alicyclic amines) is 1. The molecule has 1 amide bonds. The Balaban J connectivity index is 1.60. The molecule has 6 nitrogen and oxygen atoms in total. The topological polar surface area (TPSA) is 63.0 Å². The van der Waals surface area contributed by atoms with Crippen molar-refractivity contribution in [2.45, 2.75) is 32.7 Å². The van der Waals surface area contributed by atoms with Gasteiger partial charge in [-0.05, 0) is 45.9 Å². The Kier molecular flexibility index (Phi) is 6.16. The summed E-state index contributed by atoms with van der Waals surface area (Å²) in [7, 11) is 1.92. The lowest BCUT2D eigenvalue weighted by Gasteiger charge is -2.33. The molecule has 1 aliphatic rings. The van der Waals surface area contributed by atoms with Crippen LogP contribution in [0.1, 0.15) is 38.5 Å². The fourth-order valence-electron chi connectivity index (χ4n) is 3.53. The van der Waals surface area contributed by atoms with E-state index >= 15 is 0 Å². The van der Waals surface area contributed by atoms with Crippen molar-refractivity contribution < 1.29 is 18.7 Å². The molecule has 2 atom stereocenters. The van der Waals surface area contributed by atoms with E-state index in [0.717, 1.165) is 29.6 Å². The first-order chi connectivity index (χ1) is 13.0. The van der Waals surface area contributed by atoms with Crippen molar-refractivity contribution in [1.82, 2.24) is 9.80 Å². The first-order valence-electron chi connectivity index (χ1n) is 9.62. The van der Waals surface area contributed by atoms with Crippen molar-refractivity contribution in [3.8, 4) is 0 Å². The van der Waals surface area contributed by atoms with Gasteiger partial charge in [-0.1, -0.05) is 18.2 Å². The zero-order chi connectivity index (χ0) is 19.4. The second-order valence-electron chi connectivity index (χ2n) is 7.21. The summed E-state index contributed by atoms with van der Waals surface area (Å²) in [6, 6.07) is 9.90. The Labute approximate surface area is 160 Å². The zero-order valence-corrected chi connectivity index (χ0v) is 16.3. The Morgan fingerprint density at radius 1 is 1.37 bits per heavy atom. The maximum atomic E-state index is 12.7. The van der Waals surface area contributed by atoms with Crippen LogP contribution in [0.25, 0.3) is 11.0 Å². The number of rotatable bonds is 6. The average molecular weight is 372 g/mol. The minimum atomic E-state index is -0.208. The summed E-state index contributed by atoms with van der Waals surface area (Å²) in [5.41, 5.74) is 0.854. The van der Waals surface area contributed by atoms with Crippen LogP contribution in [0.4, 0.5) is 0 Å². The van der Waals surface area contributed by atoms with Crippen LogP contribution in [-0.4, -0.2) is 55.0 Å². The predicted molar refractivity (Wildman–Crippen MR) is 103 cm³/mol. The van der Waals surface area contributed by atoms with E-state index in [4.69, 9.17) is 9.15 Å². The van der Waals surface area contributed by atoms with E-state index < -0.39 is 0 Å². The van der Waals surface area contributed by atoms with E-state index in [9.17, 15) is 9.59 Å². The zero-order valence-electron chi connectivity index (χ0n) is 16.3. The molecule has 1 fully saturated rings. The SMILES string of the molecule is CCOC(=O)C1CCCN(C(=O)CN(C)C(C)c2cc3ccccc3o2)C1. The van der Waals surface area contributed by atoms with Crippen molar-refractivity contribution in [2.75, 3.05) is 33.3 Å². The lowest BCUT2D eigenvalue weighted by molar-refractivity contribution is -0.151. The molecule has 2 heterocycles. The quantitative estimate of drug-likeness (QED) is 0.729. The normalized spacial score (nSPS) is 18.7. The van der Waals surface area contributed by atoms with Gasteiger partial charge in [0.25, 0.3) is 0 Å². The van der Waals surface area contributed by atoms with Crippen LogP contribution in [0.3, 0.4) is 0 Å². The van der Waals surface area contributed by atoms with Gasteiger partial charge in [-0.3, -0.25) is 14.5 Å². The maximum Gasteiger partial charge on any atom is 0.310 e. The molecule has 3 rings (SSSR count). The second-order valence-corrected chi connectivity index (χ2v) is 7.21. The summed E-state index contributed by atoms with van der Waals surface area (Å²) in [4.78, 5) is 28.5. The molecule has 6 heteroatoms. The third-order valence-corrected chi connectivity index (χ3v) is 5.30. The van der Waals surface area contributed by atoms with E-state index in [1.807, 2.05) is 49.2 Å². The maximum absolute atomic E-state index is 12.7. The Morgan fingerprint density at radius 3 is 2.89 bits per heavy atom.